The van der Waals surface area contributed by atoms with Crippen molar-refractivity contribution in [3.05, 3.63) is 82.3 Å². The molecule has 0 amide bonds. The summed E-state index contributed by atoms with van der Waals surface area (Å²) in [6.45, 7) is 1.83. The Balaban J connectivity index is 1.94. The number of nitriles is 1. The Morgan fingerprint density at radius 1 is 1.03 bits per heavy atom. The molecule has 0 unspecified atom stereocenters. The molecule has 3 aromatic carbocycles. The quantitative estimate of drug-likeness (QED) is 0.408. The molecular formula is C22H17N3O6S. The molecule has 0 saturated heterocycles. The topological polar surface area (TPSA) is 135 Å². The third-order valence-electron chi connectivity index (χ3n) is 4.39. The van der Waals surface area contributed by atoms with Crippen molar-refractivity contribution in [3.8, 4) is 17.6 Å². The van der Waals surface area contributed by atoms with Gasteiger partial charge in [0.05, 0.1) is 28.8 Å². The first-order valence-electron chi connectivity index (χ1n) is 9.14. The van der Waals surface area contributed by atoms with E-state index in [1.54, 1.807) is 12.1 Å². The second kappa shape index (κ2) is 9.28. The number of carbonyl (C=O) groups is 1. The van der Waals surface area contributed by atoms with E-state index in [0.29, 0.717) is 0 Å². The summed E-state index contributed by atoms with van der Waals surface area (Å²) < 4.78 is 38.3. The maximum absolute atomic E-state index is 12.7. The van der Waals surface area contributed by atoms with Crippen molar-refractivity contribution in [3.63, 3.8) is 0 Å². The van der Waals surface area contributed by atoms with Gasteiger partial charge in [0.2, 0.25) is 0 Å². The lowest BCUT2D eigenvalue weighted by Crippen LogP contribution is -2.16. The summed E-state index contributed by atoms with van der Waals surface area (Å²) >= 11 is 0. The van der Waals surface area contributed by atoms with Gasteiger partial charge in [0.15, 0.2) is 0 Å². The lowest BCUT2D eigenvalue weighted by molar-refractivity contribution is 0.0601. The Kier molecular flexibility index (Phi) is 6.51. The Hall–Kier alpha value is -4.23. The first-order valence-corrected chi connectivity index (χ1v) is 10.6. The molecule has 3 aromatic rings. The lowest BCUT2D eigenvalue weighted by Gasteiger charge is -2.14. The molecule has 1 N–H and O–H groups in total. The molecule has 0 aliphatic rings. The number of hydrogen-bond donors (Lipinski definition) is 1. The highest BCUT2D eigenvalue weighted by molar-refractivity contribution is 7.92. The fourth-order valence-electron chi connectivity index (χ4n) is 2.76. The number of aryl methyl sites for hydroxylation is 1. The number of ether oxygens (including phenoxy) is 2. The van der Waals surface area contributed by atoms with Gasteiger partial charge in [0.25, 0.3) is 10.0 Å². The maximum Gasteiger partial charge on any atom is 0.340 e. The smallest absolute Gasteiger partial charge is 0.340 e. The highest BCUT2D eigenvalue weighted by Crippen LogP contribution is 2.31. The zero-order chi connectivity index (χ0) is 23.3. The molecule has 0 heterocycles. The minimum atomic E-state index is -3.96. The maximum atomic E-state index is 12.7. The Bertz CT molecular complexity index is 1330. The normalized spacial score (nSPS) is 10.7. The van der Waals surface area contributed by atoms with E-state index in [1.807, 2.05) is 13.0 Å². The number of methoxy groups -OCH3 is 1. The van der Waals surface area contributed by atoms with Crippen LogP contribution in [-0.4, -0.2) is 21.5 Å². The van der Waals surface area contributed by atoms with Crippen LogP contribution in [0.25, 0.3) is 0 Å². The van der Waals surface area contributed by atoms with E-state index in [1.165, 1.54) is 55.6 Å². The molecule has 0 aliphatic carbocycles. The SMILES string of the molecule is COC(=O)c1cc(Oc2ccc(N=O)c(C#N)c2)ccc1NS(=O)(=O)c1ccc(C)cc1. The zero-order valence-corrected chi connectivity index (χ0v) is 17.8. The molecule has 3 rings (SSSR count). The van der Waals surface area contributed by atoms with E-state index in [0.717, 1.165) is 5.56 Å². The fourth-order valence-corrected chi connectivity index (χ4v) is 3.84. The van der Waals surface area contributed by atoms with Crippen LogP contribution in [-0.2, 0) is 14.8 Å². The highest BCUT2D eigenvalue weighted by atomic mass is 32.2. The average molecular weight is 451 g/mol. The molecule has 10 heteroatoms. The molecule has 0 atom stereocenters. The molecule has 0 aliphatic heterocycles. The van der Waals surface area contributed by atoms with Gasteiger partial charge in [-0.25, -0.2) is 13.2 Å². The molecule has 162 valence electrons. The molecule has 32 heavy (non-hydrogen) atoms. The largest absolute Gasteiger partial charge is 0.465 e. The van der Waals surface area contributed by atoms with Gasteiger partial charge in [0.1, 0.15) is 23.3 Å². The number of nitroso groups, excluding NO2 is 1. The highest BCUT2D eigenvalue weighted by Gasteiger charge is 2.20. The summed E-state index contributed by atoms with van der Waals surface area (Å²) in [7, 11) is -2.79. The van der Waals surface area contributed by atoms with Crippen molar-refractivity contribution in [1.29, 1.82) is 5.26 Å². The van der Waals surface area contributed by atoms with Crippen LogP contribution in [0.2, 0.25) is 0 Å². The van der Waals surface area contributed by atoms with Gasteiger partial charge < -0.3 is 9.47 Å². The number of carbonyl (C=O) groups excluding carboxylic acids is 1. The second-order valence-corrected chi connectivity index (χ2v) is 8.28. The van der Waals surface area contributed by atoms with Crippen molar-refractivity contribution in [1.82, 2.24) is 0 Å². The van der Waals surface area contributed by atoms with Crippen LogP contribution in [0.4, 0.5) is 11.4 Å². The Labute approximate surface area is 184 Å². The van der Waals surface area contributed by atoms with Gasteiger partial charge in [-0.05, 0) is 54.6 Å². The summed E-state index contributed by atoms with van der Waals surface area (Å²) in [5, 5.41) is 11.9. The van der Waals surface area contributed by atoms with Gasteiger partial charge in [0, 0.05) is 6.07 Å². The van der Waals surface area contributed by atoms with Crippen molar-refractivity contribution in [2.45, 2.75) is 11.8 Å². The summed E-state index contributed by atoms with van der Waals surface area (Å²) in [6.07, 6.45) is 0. The standard InChI is InChI=1S/C22H17N3O6S/c1-14-3-7-18(8-4-14)32(28,29)25-21-10-6-17(12-19(21)22(26)30-2)31-16-5-9-20(24-27)15(11-16)13-23/h3-12,25H,1-2H3. The van der Waals surface area contributed by atoms with Crippen LogP contribution in [0.1, 0.15) is 21.5 Å². The van der Waals surface area contributed by atoms with E-state index < -0.39 is 16.0 Å². The Morgan fingerprint density at radius 2 is 1.69 bits per heavy atom. The van der Waals surface area contributed by atoms with Gasteiger partial charge in [-0.2, -0.15) is 5.26 Å². The van der Waals surface area contributed by atoms with Crippen LogP contribution in [0.3, 0.4) is 0 Å². The predicted molar refractivity (Wildman–Crippen MR) is 116 cm³/mol. The second-order valence-electron chi connectivity index (χ2n) is 6.60. The average Bonchev–Trinajstić information content (AvgIpc) is 2.79. The summed E-state index contributed by atoms with van der Waals surface area (Å²) in [5.74, 6) is -0.382. The molecule has 0 bridgehead atoms. The molecule has 0 spiro atoms. The number of nitrogens with one attached hydrogen (secondary N) is 1. The van der Waals surface area contributed by atoms with Gasteiger partial charge in [-0.15, -0.1) is 4.91 Å². The van der Waals surface area contributed by atoms with Crippen LogP contribution in [0.15, 0.2) is 70.7 Å². The van der Waals surface area contributed by atoms with Crippen LogP contribution >= 0.6 is 0 Å². The summed E-state index contributed by atoms with van der Waals surface area (Å²) in [5.41, 5.74) is 0.816. The summed E-state index contributed by atoms with van der Waals surface area (Å²) in [6, 6.07) is 16.3. The van der Waals surface area contributed by atoms with E-state index in [2.05, 4.69) is 9.90 Å². The molecule has 0 saturated carbocycles. The third kappa shape index (κ3) is 4.91. The zero-order valence-electron chi connectivity index (χ0n) is 17.0. The molecule has 0 radical (unpaired) electrons. The number of esters is 1. The number of anilines is 1. The van der Waals surface area contributed by atoms with Crippen molar-refractivity contribution in [2.75, 3.05) is 11.8 Å². The lowest BCUT2D eigenvalue weighted by atomic mass is 10.1. The monoisotopic (exact) mass is 451 g/mol. The summed E-state index contributed by atoms with van der Waals surface area (Å²) in [4.78, 5) is 23.1. The van der Waals surface area contributed by atoms with E-state index in [-0.39, 0.29) is 38.9 Å². The van der Waals surface area contributed by atoms with Crippen molar-refractivity contribution >= 4 is 27.4 Å². The van der Waals surface area contributed by atoms with Gasteiger partial charge in [-0.1, -0.05) is 17.7 Å². The van der Waals surface area contributed by atoms with E-state index >= 15 is 0 Å². The fraction of sp³-hybridized carbons (Fsp3) is 0.0909. The molecule has 9 nitrogen and oxygen atoms in total. The van der Waals surface area contributed by atoms with Crippen LogP contribution < -0.4 is 9.46 Å². The molecule has 0 fully saturated rings. The first kappa shape index (κ1) is 22.5. The van der Waals surface area contributed by atoms with Crippen molar-refractivity contribution in [2.24, 2.45) is 5.18 Å². The van der Waals surface area contributed by atoms with E-state index in [4.69, 9.17) is 14.7 Å². The minimum absolute atomic E-state index is 0.00277. The third-order valence-corrected chi connectivity index (χ3v) is 5.78. The van der Waals surface area contributed by atoms with Crippen molar-refractivity contribution < 1.29 is 22.7 Å². The van der Waals surface area contributed by atoms with Crippen LogP contribution in [0.5, 0.6) is 11.5 Å². The minimum Gasteiger partial charge on any atom is -0.465 e. The number of benzene rings is 3. The van der Waals surface area contributed by atoms with E-state index in [9.17, 15) is 18.1 Å². The van der Waals surface area contributed by atoms with Gasteiger partial charge >= 0.3 is 5.97 Å². The molecule has 0 aromatic heterocycles. The number of rotatable bonds is 7. The number of sulfonamides is 1. The number of hydrogen-bond acceptors (Lipinski definition) is 8. The molecular weight excluding hydrogens is 434 g/mol. The predicted octanol–water partition coefficient (Wildman–Crippen LogP) is 4.64. The van der Waals surface area contributed by atoms with Gasteiger partial charge in [-0.3, -0.25) is 4.72 Å². The first-order chi connectivity index (χ1) is 15.3. The Morgan fingerprint density at radius 3 is 2.31 bits per heavy atom. The number of nitrogens with zero attached hydrogens (tertiary/aromatic N) is 2. The van der Waals surface area contributed by atoms with Crippen LogP contribution in [0, 0.1) is 23.2 Å².